The molecule has 2 N–H and O–H groups in total. The first-order chi connectivity index (χ1) is 8.41. The third-order valence-corrected chi connectivity index (χ3v) is 3.73. The maximum atomic E-state index is 5.96. The van der Waals surface area contributed by atoms with E-state index in [4.69, 9.17) is 15.2 Å². The van der Waals surface area contributed by atoms with Crippen LogP contribution in [-0.2, 0) is 9.47 Å². The number of methoxy groups -OCH3 is 2. The summed E-state index contributed by atoms with van der Waals surface area (Å²) in [6.07, 6.45) is 2.06. The van der Waals surface area contributed by atoms with Crippen molar-refractivity contribution in [3.8, 4) is 0 Å². The molecule has 0 aromatic rings. The van der Waals surface area contributed by atoms with Crippen LogP contribution in [0, 0.1) is 0 Å². The zero-order valence-electron chi connectivity index (χ0n) is 13.0. The van der Waals surface area contributed by atoms with Crippen molar-refractivity contribution in [1.29, 1.82) is 0 Å². The Labute approximate surface area is 113 Å². The highest BCUT2D eigenvalue weighted by Crippen LogP contribution is 2.21. The van der Waals surface area contributed by atoms with Crippen LogP contribution in [0.5, 0.6) is 0 Å². The minimum absolute atomic E-state index is 0.136. The highest BCUT2D eigenvalue weighted by atomic mass is 16.5. The van der Waals surface area contributed by atoms with E-state index in [9.17, 15) is 0 Å². The molecule has 18 heavy (non-hydrogen) atoms. The molecule has 0 heterocycles. The van der Waals surface area contributed by atoms with E-state index in [1.54, 1.807) is 14.2 Å². The molecule has 0 spiro atoms. The fraction of sp³-hybridized carbons (Fsp3) is 1.00. The first-order valence-electron chi connectivity index (χ1n) is 6.91. The van der Waals surface area contributed by atoms with Crippen LogP contribution >= 0.6 is 0 Å². The largest absolute Gasteiger partial charge is 0.383 e. The molecule has 0 aliphatic heterocycles. The van der Waals surface area contributed by atoms with Gasteiger partial charge in [0.25, 0.3) is 0 Å². The molecule has 0 aromatic carbocycles. The summed E-state index contributed by atoms with van der Waals surface area (Å²) in [5, 5.41) is 0. The summed E-state index contributed by atoms with van der Waals surface area (Å²) in [5.41, 5.74) is 5.83. The van der Waals surface area contributed by atoms with E-state index < -0.39 is 0 Å². The van der Waals surface area contributed by atoms with Crippen LogP contribution in [0.4, 0.5) is 0 Å². The van der Waals surface area contributed by atoms with Crippen molar-refractivity contribution >= 4 is 0 Å². The normalized spacial score (nSPS) is 16.0. The Balaban J connectivity index is 4.68. The first-order valence-corrected chi connectivity index (χ1v) is 6.91. The van der Waals surface area contributed by atoms with Gasteiger partial charge in [-0.15, -0.1) is 0 Å². The van der Waals surface area contributed by atoms with Gasteiger partial charge in [-0.2, -0.15) is 0 Å². The minimum atomic E-state index is -0.136. The van der Waals surface area contributed by atoms with E-state index in [0.717, 1.165) is 26.0 Å². The van der Waals surface area contributed by atoms with E-state index in [2.05, 4.69) is 32.6 Å². The molecule has 4 nitrogen and oxygen atoms in total. The fourth-order valence-electron chi connectivity index (χ4n) is 2.18. The van der Waals surface area contributed by atoms with Crippen molar-refractivity contribution in [2.45, 2.75) is 58.2 Å². The molecule has 0 bridgehead atoms. The Kier molecular flexibility index (Phi) is 8.78. The van der Waals surface area contributed by atoms with E-state index in [1.165, 1.54) is 0 Å². The van der Waals surface area contributed by atoms with Crippen molar-refractivity contribution < 1.29 is 9.47 Å². The average molecular weight is 260 g/mol. The van der Waals surface area contributed by atoms with Crippen LogP contribution in [0.1, 0.15) is 40.5 Å². The van der Waals surface area contributed by atoms with Crippen molar-refractivity contribution in [3.63, 3.8) is 0 Å². The molecule has 0 aliphatic carbocycles. The summed E-state index contributed by atoms with van der Waals surface area (Å²) in [7, 11) is 3.50. The van der Waals surface area contributed by atoms with Gasteiger partial charge in [-0.3, -0.25) is 4.90 Å². The summed E-state index contributed by atoms with van der Waals surface area (Å²) < 4.78 is 10.7. The van der Waals surface area contributed by atoms with Gasteiger partial charge in [-0.25, -0.2) is 0 Å². The second-order valence-corrected chi connectivity index (χ2v) is 5.55. The molecular formula is C14H32N2O2. The minimum Gasteiger partial charge on any atom is -0.383 e. The monoisotopic (exact) mass is 260 g/mol. The second-order valence-electron chi connectivity index (χ2n) is 5.55. The Bertz CT molecular complexity index is 210. The molecule has 0 fully saturated rings. The lowest BCUT2D eigenvalue weighted by atomic mass is 9.96. The van der Waals surface area contributed by atoms with Crippen molar-refractivity contribution in [2.75, 3.05) is 33.9 Å². The Morgan fingerprint density at radius 2 is 1.89 bits per heavy atom. The lowest BCUT2D eigenvalue weighted by Gasteiger charge is -2.39. The van der Waals surface area contributed by atoms with Crippen molar-refractivity contribution in [3.05, 3.63) is 0 Å². The topological polar surface area (TPSA) is 47.7 Å². The van der Waals surface area contributed by atoms with Crippen molar-refractivity contribution in [2.24, 2.45) is 5.73 Å². The maximum absolute atomic E-state index is 5.96. The predicted molar refractivity (Wildman–Crippen MR) is 76.9 cm³/mol. The predicted octanol–water partition coefficient (Wildman–Crippen LogP) is 1.88. The molecule has 0 saturated carbocycles. The molecule has 0 aromatic heterocycles. The van der Waals surface area contributed by atoms with E-state index in [1.807, 2.05) is 0 Å². The molecule has 110 valence electrons. The van der Waals surface area contributed by atoms with Crippen LogP contribution in [0.25, 0.3) is 0 Å². The highest BCUT2D eigenvalue weighted by molar-refractivity contribution is 4.83. The molecule has 2 atom stereocenters. The van der Waals surface area contributed by atoms with Crippen LogP contribution < -0.4 is 5.73 Å². The Morgan fingerprint density at radius 3 is 2.28 bits per heavy atom. The standard InChI is InChI=1S/C14H32N2O2/c1-7-12(2)16(8-9-17-5)13(11-15)10-14(3,4)18-6/h12-13H,7-11,15H2,1-6H3. The zero-order chi connectivity index (χ0) is 14.2. The molecule has 2 unspecified atom stereocenters. The van der Waals surface area contributed by atoms with Gasteiger partial charge in [-0.05, 0) is 33.6 Å². The number of ether oxygens (including phenoxy) is 2. The summed E-state index contributed by atoms with van der Waals surface area (Å²) in [4.78, 5) is 2.45. The Hall–Kier alpha value is -0.160. The SMILES string of the molecule is CCC(C)N(CCOC)C(CN)CC(C)(C)OC. The fourth-order valence-corrected chi connectivity index (χ4v) is 2.18. The average Bonchev–Trinajstić information content (AvgIpc) is 2.37. The molecule has 0 saturated heterocycles. The van der Waals surface area contributed by atoms with Gasteiger partial charge in [0.2, 0.25) is 0 Å². The molecule has 0 amide bonds. The lowest BCUT2D eigenvalue weighted by molar-refractivity contribution is -0.0172. The van der Waals surface area contributed by atoms with Gasteiger partial charge < -0.3 is 15.2 Å². The third-order valence-electron chi connectivity index (χ3n) is 3.73. The van der Waals surface area contributed by atoms with E-state index >= 15 is 0 Å². The van der Waals surface area contributed by atoms with Gasteiger partial charge in [0.05, 0.1) is 12.2 Å². The summed E-state index contributed by atoms with van der Waals surface area (Å²) in [6.45, 7) is 11.0. The zero-order valence-corrected chi connectivity index (χ0v) is 13.0. The first kappa shape index (κ1) is 17.8. The summed E-state index contributed by atoms with van der Waals surface area (Å²) in [5.74, 6) is 0. The molecule has 0 radical (unpaired) electrons. The maximum Gasteiger partial charge on any atom is 0.0638 e. The molecular weight excluding hydrogens is 228 g/mol. The third kappa shape index (κ3) is 6.14. The molecule has 0 rings (SSSR count). The van der Waals surface area contributed by atoms with Gasteiger partial charge in [0.1, 0.15) is 0 Å². The van der Waals surface area contributed by atoms with Crippen LogP contribution in [0.15, 0.2) is 0 Å². The molecule has 4 heteroatoms. The van der Waals surface area contributed by atoms with Gasteiger partial charge in [0.15, 0.2) is 0 Å². The molecule has 0 aliphatic rings. The second kappa shape index (κ2) is 8.86. The van der Waals surface area contributed by atoms with Crippen LogP contribution in [0.3, 0.4) is 0 Å². The van der Waals surface area contributed by atoms with Gasteiger partial charge in [-0.1, -0.05) is 6.92 Å². The summed E-state index contributed by atoms with van der Waals surface area (Å²) in [6, 6.07) is 0.853. The lowest BCUT2D eigenvalue weighted by Crippen LogP contribution is -2.50. The van der Waals surface area contributed by atoms with E-state index in [-0.39, 0.29) is 5.60 Å². The number of nitrogens with zero attached hydrogens (tertiary/aromatic N) is 1. The number of hydrogen-bond donors (Lipinski definition) is 1. The Morgan fingerprint density at radius 1 is 1.28 bits per heavy atom. The quantitative estimate of drug-likeness (QED) is 0.651. The smallest absolute Gasteiger partial charge is 0.0638 e. The van der Waals surface area contributed by atoms with Gasteiger partial charge >= 0.3 is 0 Å². The van der Waals surface area contributed by atoms with E-state index in [0.29, 0.717) is 18.6 Å². The van der Waals surface area contributed by atoms with Crippen LogP contribution in [0.2, 0.25) is 0 Å². The highest BCUT2D eigenvalue weighted by Gasteiger charge is 2.28. The van der Waals surface area contributed by atoms with Crippen molar-refractivity contribution in [1.82, 2.24) is 4.90 Å². The summed E-state index contributed by atoms with van der Waals surface area (Å²) >= 11 is 0. The number of hydrogen-bond acceptors (Lipinski definition) is 4. The van der Waals surface area contributed by atoms with Gasteiger partial charge in [0, 0.05) is 39.4 Å². The van der Waals surface area contributed by atoms with Crippen LogP contribution in [-0.4, -0.2) is 56.5 Å². The number of nitrogens with two attached hydrogens (primary N) is 1. The number of rotatable bonds is 10.